The summed E-state index contributed by atoms with van der Waals surface area (Å²) < 4.78 is 4.83. The number of hydrogen-bond acceptors (Lipinski definition) is 6. The van der Waals surface area contributed by atoms with Gasteiger partial charge in [0.15, 0.2) is 5.11 Å². The van der Waals surface area contributed by atoms with Crippen molar-refractivity contribution in [3.05, 3.63) is 49.9 Å². The summed E-state index contributed by atoms with van der Waals surface area (Å²) >= 11 is 6.70. The van der Waals surface area contributed by atoms with E-state index in [1.807, 2.05) is 13.8 Å². The van der Waals surface area contributed by atoms with Crippen molar-refractivity contribution in [2.75, 3.05) is 17.7 Å². The number of rotatable bonds is 4. The number of nitrogens with one attached hydrogen (secondary N) is 2. The molecule has 0 atom stereocenters. The predicted molar refractivity (Wildman–Crippen MR) is 103 cm³/mol. The number of non-ortho nitro benzene ring substituents is 1. The molecule has 25 heavy (non-hydrogen) atoms. The van der Waals surface area contributed by atoms with E-state index in [2.05, 4.69) is 10.6 Å². The predicted octanol–water partition coefficient (Wildman–Crippen LogP) is 4.18. The summed E-state index contributed by atoms with van der Waals surface area (Å²) in [5.74, 6) is -0.432. The van der Waals surface area contributed by atoms with Gasteiger partial charge in [-0.2, -0.15) is 0 Å². The van der Waals surface area contributed by atoms with E-state index in [9.17, 15) is 14.9 Å². The number of aryl methyl sites for hydroxylation is 2. The molecule has 0 saturated carbocycles. The molecule has 9 heteroatoms. The van der Waals surface area contributed by atoms with Crippen LogP contribution in [0, 0.1) is 30.9 Å². The Hall–Kier alpha value is -2.52. The lowest BCUT2D eigenvalue weighted by atomic mass is 10.1. The average Bonchev–Trinajstić information content (AvgIpc) is 2.82. The monoisotopic (exact) mass is 379 g/mol. The van der Waals surface area contributed by atoms with Crippen molar-refractivity contribution in [2.45, 2.75) is 20.8 Å². The molecule has 0 saturated heterocycles. The lowest BCUT2D eigenvalue weighted by Crippen LogP contribution is -2.20. The number of hydrogen-bond donors (Lipinski definition) is 2. The first kappa shape index (κ1) is 18.8. The fourth-order valence-corrected chi connectivity index (χ4v) is 3.55. The molecular weight excluding hydrogens is 362 g/mol. The van der Waals surface area contributed by atoms with Crippen LogP contribution in [0.2, 0.25) is 0 Å². The zero-order valence-corrected chi connectivity index (χ0v) is 15.8. The number of carbonyl (C=O) groups excluding carboxylic acids is 1. The van der Waals surface area contributed by atoms with Crippen molar-refractivity contribution in [1.82, 2.24) is 0 Å². The molecule has 2 N–H and O–H groups in total. The van der Waals surface area contributed by atoms with Crippen molar-refractivity contribution < 1.29 is 14.5 Å². The number of carbonyl (C=O) groups is 1. The Kier molecular flexibility index (Phi) is 5.70. The number of nitro benzene ring substituents is 1. The molecule has 0 aliphatic rings. The van der Waals surface area contributed by atoms with Gasteiger partial charge in [0.05, 0.1) is 17.6 Å². The zero-order chi connectivity index (χ0) is 18.7. The number of thiophene rings is 1. The van der Waals surface area contributed by atoms with E-state index in [4.69, 9.17) is 17.0 Å². The van der Waals surface area contributed by atoms with E-state index in [1.54, 1.807) is 13.0 Å². The van der Waals surface area contributed by atoms with Gasteiger partial charge in [0.1, 0.15) is 5.00 Å². The fraction of sp³-hybridized carbons (Fsp3) is 0.250. The molecule has 0 aliphatic heterocycles. The number of methoxy groups -OCH3 is 1. The van der Waals surface area contributed by atoms with Crippen molar-refractivity contribution in [1.29, 1.82) is 0 Å². The first-order chi connectivity index (χ1) is 11.7. The number of nitro groups is 1. The highest BCUT2D eigenvalue weighted by molar-refractivity contribution is 7.80. The van der Waals surface area contributed by atoms with Gasteiger partial charge in [-0.1, -0.05) is 0 Å². The van der Waals surface area contributed by atoms with Crippen molar-refractivity contribution in [3.63, 3.8) is 0 Å². The van der Waals surface area contributed by atoms with Gasteiger partial charge in [0.2, 0.25) is 0 Å². The quantitative estimate of drug-likeness (QED) is 0.356. The number of ether oxygens (including phenoxy) is 1. The van der Waals surface area contributed by atoms with Gasteiger partial charge in [0, 0.05) is 22.7 Å². The zero-order valence-electron chi connectivity index (χ0n) is 14.1. The molecular formula is C16H17N3O4S2. The van der Waals surface area contributed by atoms with Crippen LogP contribution in [0.5, 0.6) is 0 Å². The van der Waals surface area contributed by atoms with Crippen molar-refractivity contribution >= 4 is 51.0 Å². The summed E-state index contributed by atoms with van der Waals surface area (Å²) in [7, 11) is 1.33. The first-order valence-corrected chi connectivity index (χ1v) is 8.48. The summed E-state index contributed by atoms with van der Waals surface area (Å²) in [6, 6.07) is 4.45. The van der Waals surface area contributed by atoms with E-state index in [-0.39, 0.29) is 10.8 Å². The van der Waals surface area contributed by atoms with Gasteiger partial charge < -0.3 is 15.4 Å². The molecule has 0 bridgehead atoms. The Balaban J connectivity index is 2.20. The van der Waals surface area contributed by atoms with Crippen LogP contribution in [-0.4, -0.2) is 23.1 Å². The maximum absolute atomic E-state index is 12.0. The van der Waals surface area contributed by atoms with Gasteiger partial charge in [-0.05, 0) is 50.2 Å². The van der Waals surface area contributed by atoms with Gasteiger partial charge >= 0.3 is 5.97 Å². The van der Waals surface area contributed by atoms with E-state index >= 15 is 0 Å². The average molecular weight is 379 g/mol. The summed E-state index contributed by atoms with van der Waals surface area (Å²) in [6.07, 6.45) is 0. The number of anilines is 2. The summed E-state index contributed by atoms with van der Waals surface area (Å²) in [4.78, 5) is 23.3. The molecule has 1 heterocycles. The van der Waals surface area contributed by atoms with Gasteiger partial charge in [-0.25, -0.2) is 4.79 Å². The normalized spacial score (nSPS) is 10.2. The van der Waals surface area contributed by atoms with Crippen LogP contribution in [0.3, 0.4) is 0 Å². The first-order valence-electron chi connectivity index (χ1n) is 7.26. The second-order valence-electron chi connectivity index (χ2n) is 5.31. The Morgan fingerprint density at radius 2 is 1.96 bits per heavy atom. The van der Waals surface area contributed by atoms with Crippen LogP contribution < -0.4 is 10.6 Å². The minimum Gasteiger partial charge on any atom is -0.465 e. The lowest BCUT2D eigenvalue weighted by molar-refractivity contribution is -0.384. The van der Waals surface area contributed by atoms with Crippen LogP contribution in [0.15, 0.2) is 18.2 Å². The Morgan fingerprint density at radius 3 is 2.52 bits per heavy atom. The molecule has 132 valence electrons. The summed E-state index contributed by atoms with van der Waals surface area (Å²) in [5.41, 5.74) is 2.64. The molecule has 2 aromatic rings. The third-order valence-electron chi connectivity index (χ3n) is 3.67. The number of thiocarbonyl (C=S) groups is 1. The molecule has 0 spiro atoms. The van der Waals surface area contributed by atoms with Crippen LogP contribution in [0.1, 0.15) is 26.4 Å². The molecule has 0 fully saturated rings. The smallest absolute Gasteiger partial charge is 0.341 e. The van der Waals surface area contributed by atoms with E-state index in [0.29, 0.717) is 21.8 Å². The standard InChI is InChI=1S/C16H17N3O4S2/c1-8-7-11(19(21)22)5-6-12(8)17-16(24)18-14-13(15(20)23-4)9(2)10(3)25-14/h5-7H,1-4H3,(H2,17,18,24). The second-order valence-corrected chi connectivity index (χ2v) is 6.95. The lowest BCUT2D eigenvalue weighted by Gasteiger charge is -2.12. The third-order valence-corrected chi connectivity index (χ3v) is 5.00. The molecule has 7 nitrogen and oxygen atoms in total. The van der Waals surface area contributed by atoms with Crippen molar-refractivity contribution in [3.8, 4) is 0 Å². The topological polar surface area (TPSA) is 93.5 Å². The van der Waals surface area contributed by atoms with E-state index in [1.165, 1.54) is 30.6 Å². The number of nitrogens with zero attached hydrogens (tertiary/aromatic N) is 1. The number of benzene rings is 1. The minimum atomic E-state index is -0.451. The highest BCUT2D eigenvalue weighted by Gasteiger charge is 2.21. The third kappa shape index (κ3) is 4.12. The highest BCUT2D eigenvalue weighted by atomic mass is 32.1. The Morgan fingerprint density at radius 1 is 1.28 bits per heavy atom. The SMILES string of the molecule is COC(=O)c1c(NC(=S)Nc2ccc([N+](=O)[O-])cc2C)sc(C)c1C. The molecule has 1 aromatic heterocycles. The van der Waals surface area contributed by atoms with Crippen LogP contribution >= 0.6 is 23.6 Å². The van der Waals surface area contributed by atoms with Gasteiger partial charge in [0.25, 0.3) is 5.69 Å². The van der Waals surface area contributed by atoms with E-state index in [0.717, 1.165) is 10.4 Å². The Bertz CT molecular complexity index is 861. The van der Waals surface area contributed by atoms with E-state index < -0.39 is 10.9 Å². The minimum absolute atomic E-state index is 0.0133. The highest BCUT2D eigenvalue weighted by Crippen LogP contribution is 2.33. The van der Waals surface area contributed by atoms with Crippen LogP contribution in [-0.2, 0) is 4.74 Å². The van der Waals surface area contributed by atoms with Gasteiger partial charge in [-0.3, -0.25) is 10.1 Å². The Labute approximate surface area is 154 Å². The largest absolute Gasteiger partial charge is 0.465 e. The van der Waals surface area contributed by atoms with Gasteiger partial charge in [-0.15, -0.1) is 11.3 Å². The maximum Gasteiger partial charge on any atom is 0.341 e. The van der Waals surface area contributed by atoms with Crippen molar-refractivity contribution in [2.24, 2.45) is 0 Å². The molecule has 1 aromatic carbocycles. The summed E-state index contributed by atoms with van der Waals surface area (Å²) in [5, 5.41) is 17.7. The second kappa shape index (κ2) is 7.58. The molecule has 0 aliphatic carbocycles. The van der Waals surface area contributed by atoms with Crippen LogP contribution in [0.4, 0.5) is 16.4 Å². The van der Waals surface area contributed by atoms with Crippen LogP contribution in [0.25, 0.3) is 0 Å². The molecule has 0 unspecified atom stereocenters. The summed E-state index contributed by atoms with van der Waals surface area (Å²) in [6.45, 7) is 5.51. The molecule has 0 amide bonds. The maximum atomic E-state index is 12.0. The molecule has 2 rings (SSSR count). The number of esters is 1. The molecule has 0 radical (unpaired) electrons. The fourth-order valence-electron chi connectivity index (χ4n) is 2.22.